The summed E-state index contributed by atoms with van der Waals surface area (Å²) in [4.78, 5) is 14.6. The van der Waals surface area contributed by atoms with Crippen molar-refractivity contribution in [3.8, 4) is 0 Å². The molecule has 3 nitrogen and oxygen atoms in total. The standard InChI is InChI=1S/C18H25FN2O/c1-13-5-6-15(19)10-14(13)11-21-9-8-18(12-21)7-3-4-16(18)17(22)20-2/h5-6,10,16H,3-4,7-9,11-12H2,1-2H3,(H,20,22)/t16-,18+/m1/s1. The first-order valence-electron chi connectivity index (χ1n) is 8.23. The number of carbonyl (C=O) groups excluding carboxylic acids is 1. The molecule has 22 heavy (non-hydrogen) atoms. The summed E-state index contributed by atoms with van der Waals surface area (Å²) in [6.07, 6.45) is 4.38. The molecule has 120 valence electrons. The minimum Gasteiger partial charge on any atom is -0.359 e. The number of hydrogen-bond acceptors (Lipinski definition) is 2. The van der Waals surface area contributed by atoms with Crippen LogP contribution >= 0.6 is 0 Å². The van der Waals surface area contributed by atoms with Crippen molar-refractivity contribution < 1.29 is 9.18 Å². The molecule has 2 atom stereocenters. The van der Waals surface area contributed by atoms with Gasteiger partial charge in [0.2, 0.25) is 5.91 Å². The van der Waals surface area contributed by atoms with Gasteiger partial charge in [-0.1, -0.05) is 12.5 Å². The van der Waals surface area contributed by atoms with Crippen LogP contribution in [0, 0.1) is 24.1 Å². The van der Waals surface area contributed by atoms with E-state index in [2.05, 4.69) is 10.2 Å². The van der Waals surface area contributed by atoms with Crippen molar-refractivity contribution in [3.05, 3.63) is 35.1 Å². The molecule has 1 aromatic rings. The fourth-order valence-corrected chi connectivity index (χ4v) is 4.38. The Morgan fingerprint density at radius 3 is 3.05 bits per heavy atom. The van der Waals surface area contributed by atoms with Gasteiger partial charge >= 0.3 is 0 Å². The third-order valence-electron chi connectivity index (χ3n) is 5.64. The molecule has 0 unspecified atom stereocenters. The maximum absolute atomic E-state index is 13.5. The van der Waals surface area contributed by atoms with Crippen LogP contribution < -0.4 is 5.32 Å². The number of aryl methyl sites for hydroxylation is 1. The Labute approximate surface area is 131 Å². The Morgan fingerprint density at radius 1 is 1.45 bits per heavy atom. The highest BCUT2D eigenvalue weighted by Gasteiger charge is 2.49. The number of benzene rings is 1. The van der Waals surface area contributed by atoms with Crippen LogP contribution in [-0.2, 0) is 11.3 Å². The topological polar surface area (TPSA) is 32.3 Å². The van der Waals surface area contributed by atoms with Crippen LogP contribution in [0.5, 0.6) is 0 Å². The molecule has 1 saturated carbocycles. The fraction of sp³-hybridized carbons (Fsp3) is 0.611. The highest BCUT2D eigenvalue weighted by atomic mass is 19.1. The van der Waals surface area contributed by atoms with Gasteiger partial charge in [0.1, 0.15) is 5.82 Å². The highest BCUT2D eigenvalue weighted by molar-refractivity contribution is 5.79. The second-order valence-electron chi connectivity index (χ2n) is 6.95. The summed E-state index contributed by atoms with van der Waals surface area (Å²) in [7, 11) is 1.73. The first kappa shape index (κ1) is 15.5. The van der Waals surface area contributed by atoms with Gasteiger partial charge < -0.3 is 5.32 Å². The van der Waals surface area contributed by atoms with Crippen molar-refractivity contribution in [2.24, 2.45) is 11.3 Å². The van der Waals surface area contributed by atoms with Crippen LogP contribution in [0.4, 0.5) is 4.39 Å². The lowest BCUT2D eigenvalue weighted by molar-refractivity contribution is -0.127. The van der Waals surface area contributed by atoms with E-state index in [1.165, 1.54) is 6.07 Å². The van der Waals surface area contributed by atoms with Crippen LogP contribution in [0.15, 0.2) is 18.2 Å². The Morgan fingerprint density at radius 2 is 2.27 bits per heavy atom. The van der Waals surface area contributed by atoms with Crippen molar-refractivity contribution in [2.45, 2.75) is 39.2 Å². The summed E-state index contributed by atoms with van der Waals surface area (Å²) in [5.74, 6) is 0.177. The number of rotatable bonds is 3. The van der Waals surface area contributed by atoms with E-state index < -0.39 is 0 Å². The largest absolute Gasteiger partial charge is 0.359 e. The Hall–Kier alpha value is -1.42. The van der Waals surface area contributed by atoms with Gasteiger partial charge in [-0.15, -0.1) is 0 Å². The minimum absolute atomic E-state index is 0.140. The zero-order valence-electron chi connectivity index (χ0n) is 13.5. The van der Waals surface area contributed by atoms with E-state index in [4.69, 9.17) is 0 Å². The van der Waals surface area contributed by atoms with Crippen LogP contribution in [0.3, 0.4) is 0 Å². The molecule has 0 aromatic heterocycles. The molecule has 1 heterocycles. The van der Waals surface area contributed by atoms with Gasteiger partial charge in [0.15, 0.2) is 0 Å². The maximum atomic E-state index is 13.5. The van der Waals surface area contributed by atoms with Crippen molar-refractivity contribution in [1.82, 2.24) is 10.2 Å². The quantitative estimate of drug-likeness (QED) is 0.931. The average molecular weight is 304 g/mol. The van der Waals surface area contributed by atoms with Gasteiger partial charge in [-0.05, 0) is 61.4 Å². The van der Waals surface area contributed by atoms with Gasteiger partial charge in [-0.3, -0.25) is 9.69 Å². The molecule has 1 aliphatic heterocycles. The highest BCUT2D eigenvalue weighted by Crippen LogP contribution is 2.50. The molecule has 2 fully saturated rings. The van der Waals surface area contributed by atoms with Gasteiger partial charge in [-0.25, -0.2) is 4.39 Å². The molecule has 1 aromatic carbocycles. The number of carbonyl (C=O) groups is 1. The van der Waals surface area contributed by atoms with Crippen molar-refractivity contribution in [1.29, 1.82) is 0 Å². The summed E-state index contributed by atoms with van der Waals surface area (Å²) < 4.78 is 13.5. The molecular formula is C18H25FN2O. The van der Waals surface area contributed by atoms with Crippen molar-refractivity contribution in [2.75, 3.05) is 20.1 Å². The molecule has 1 N–H and O–H groups in total. The molecule has 1 aliphatic carbocycles. The number of halogens is 1. The van der Waals surface area contributed by atoms with Crippen molar-refractivity contribution >= 4 is 5.91 Å². The lowest BCUT2D eigenvalue weighted by Crippen LogP contribution is -2.39. The summed E-state index contributed by atoms with van der Waals surface area (Å²) in [5, 5.41) is 2.83. The number of nitrogens with zero attached hydrogens (tertiary/aromatic N) is 1. The van der Waals surface area contributed by atoms with E-state index in [0.717, 1.165) is 56.4 Å². The molecule has 1 amide bonds. The number of nitrogens with one attached hydrogen (secondary N) is 1. The molecule has 2 aliphatic rings. The van der Waals surface area contributed by atoms with Crippen LogP contribution in [-0.4, -0.2) is 30.9 Å². The first-order chi connectivity index (χ1) is 10.5. The lowest BCUT2D eigenvalue weighted by Gasteiger charge is -2.30. The van der Waals surface area contributed by atoms with E-state index in [1.54, 1.807) is 13.1 Å². The third-order valence-corrected chi connectivity index (χ3v) is 5.64. The van der Waals surface area contributed by atoms with Gasteiger partial charge in [-0.2, -0.15) is 0 Å². The smallest absolute Gasteiger partial charge is 0.223 e. The van der Waals surface area contributed by atoms with E-state index in [9.17, 15) is 9.18 Å². The van der Waals surface area contributed by atoms with E-state index in [1.807, 2.05) is 13.0 Å². The van der Waals surface area contributed by atoms with E-state index >= 15 is 0 Å². The zero-order valence-corrected chi connectivity index (χ0v) is 13.5. The van der Waals surface area contributed by atoms with E-state index in [0.29, 0.717) is 0 Å². The molecular weight excluding hydrogens is 279 g/mol. The van der Waals surface area contributed by atoms with Gasteiger partial charge in [0, 0.05) is 26.1 Å². The minimum atomic E-state index is -0.168. The Kier molecular flexibility index (Phi) is 4.22. The summed E-state index contributed by atoms with van der Waals surface area (Å²) in [6, 6.07) is 5.01. The van der Waals surface area contributed by atoms with E-state index in [-0.39, 0.29) is 23.1 Å². The van der Waals surface area contributed by atoms with Crippen LogP contribution in [0.1, 0.15) is 36.8 Å². The average Bonchev–Trinajstić information content (AvgIpc) is 3.10. The fourth-order valence-electron chi connectivity index (χ4n) is 4.38. The normalized spacial score (nSPS) is 28.4. The molecule has 3 rings (SSSR count). The second-order valence-corrected chi connectivity index (χ2v) is 6.95. The van der Waals surface area contributed by atoms with Gasteiger partial charge in [0.25, 0.3) is 0 Å². The number of amides is 1. The monoisotopic (exact) mass is 304 g/mol. The first-order valence-corrected chi connectivity index (χ1v) is 8.23. The molecule has 0 radical (unpaired) electrons. The van der Waals surface area contributed by atoms with Gasteiger partial charge in [0.05, 0.1) is 0 Å². The second kappa shape index (κ2) is 5.99. The Bertz CT molecular complexity index is 574. The summed E-state index contributed by atoms with van der Waals surface area (Å²) in [6.45, 7) is 4.78. The molecule has 4 heteroatoms. The summed E-state index contributed by atoms with van der Waals surface area (Å²) in [5.41, 5.74) is 2.34. The Balaban J connectivity index is 1.72. The lowest BCUT2D eigenvalue weighted by atomic mass is 9.76. The molecule has 1 spiro atoms. The SMILES string of the molecule is CNC(=O)[C@H]1CCC[C@@]12CCN(Cc1cc(F)ccc1C)C2. The predicted octanol–water partition coefficient (Wildman–Crippen LogP) is 2.87. The van der Waals surface area contributed by atoms with Crippen molar-refractivity contribution in [3.63, 3.8) is 0 Å². The van der Waals surface area contributed by atoms with Crippen LogP contribution in [0.2, 0.25) is 0 Å². The zero-order chi connectivity index (χ0) is 15.7. The molecule has 0 bridgehead atoms. The maximum Gasteiger partial charge on any atom is 0.223 e. The number of hydrogen-bond donors (Lipinski definition) is 1. The van der Waals surface area contributed by atoms with Crippen LogP contribution in [0.25, 0.3) is 0 Å². The summed E-state index contributed by atoms with van der Waals surface area (Å²) >= 11 is 0. The predicted molar refractivity (Wildman–Crippen MR) is 84.9 cm³/mol. The molecule has 1 saturated heterocycles. The third kappa shape index (κ3) is 2.76. The number of likely N-dealkylation sites (tertiary alicyclic amines) is 1.